The summed E-state index contributed by atoms with van der Waals surface area (Å²) >= 11 is 0. The molecule has 1 heterocycles. The lowest BCUT2D eigenvalue weighted by atomic mass is 9.98. The third kappa shape index (κ3) is 9.20. The first-order valence-corrected chi connectivity index (χ1v) is 10.9. The van der Waals surface area contributed by atoms with E-state index in [1.807, 2.05) is 0 Å². The highest BCUT2D eigenvalue weighted by Gasteiger charge is 2.48. The maximum atomic E-state index is 10.4. The molecule has 161 valence electrons. The van der Waals surface area contributed by atoms with Crippen molar-refractivity contribution in [2.75, 3.05) is 26.4 Å². The minimum Gasteiger partial charge on any atom is -0.394 e. The van der Waals surface area contributed by atoms with Crippen molar-refractivity contribution in [3.63, 3.8) is 0 Å². The van der Waals surface area contributed by atoms with Crippen LogP contribution in [0.1, 0.15) is 78.6 Å². The molecule has 0 aliphatic carbocycles. The minimum atomic E-state index is -0.678. The molecule has 6 nitrogen and oxygen atoms in total. The topological polar surface area (TPSA) is 77.4 Å². The van der Waals surface area contributed by atoms with Crippen molar-refractivity contribution in [2.45, 2.75) is 103 Å². The van der Waals surface area contributed by atoms with E-state index in [0.29, 0.717) is 19.8 Å². The molecule has 0 unspecified atom stereocenters. The van der Waals surface area contributed by atoms with Gasteiger partial charge in [0, 0.05) is 19.8 Å². The zero-order chi connectivity index (χ0) is 19.9. The predicted octanol–water partition coefficient (Wildman–Crippen LogP) is 3.97. The van der Waals surface area contributed by atoms with E-state index in [4.69, 9.17) is 18.9 Å². The molecular weight excluding hydrogens is 348 g/mol. The summed E-state index contributed by atoms with van der Waals surface area (Å²) in [5.41, 5.74) is 0. The third-order valence-corrected chi connectivity index (χ3v) is 4.85. The van der Waals surface area contributed by atoms with E-state index in [1.165, 1.54) is 0 Å². The second kappa shape index (κ2) is 15.7. The molecule has 1 rings (SSSR count). The molecule has 27 heavy (non-hydrogen) atoms. The van der Waals surface area contributed by atoms with Gasteiger partial charge in [0.25, 0.3) is 6.29 Å². The van der Waals surface area contributed by atoms with Gasteiger partial charge in [-0.1, -0.05) is 59.3 Å². The van der Waals surface area contributed by atoms with E-state index >= 15 is 0 Å². The SMILES string of the molecule is CCCCCO[C@H]1[C@H](OCCCCC)[C@@H](OCCCCC)[C](O)O[C@@H]1CO. The normalized spacial score (nSPS) is 26.6. The Kier molecular flexibility index (Phi) is 14.4. The molecule has 0 aromatic carbocycles. The zero-order valence-electron chi connectivity index (χ0n) is 17.5. The van der Waals surface area contributed by atoms with E-state index in [1.54, 1.807) is 0 Å². The summed E-state index contributed by atoms with van der Waals surface area (Å²) < 4.78 is 23.6. The standard InChI is InChI=1S/C21H41O6/c1-4-7-10-13-24-18-17(16-22)27-21(23)20(26-15-12-9-6-3)19(18)25-14-11-8-5-2/h17-20,22-23H,4-16H2,1-3H3/t17-,18-,19+,20-/m1/s1. The summed E-state index contributed by atoms with van der Waals surface area (Å²) in [6.45, 7) is 7.89. The maximum Gasteiger partial charge on any atom is 0.254 e. The molecule has 0 amide bonds. The number of hydrogen-bond acceptors (Lipinski definition) is 6. The summed E-state index contributed by atoms with van der Waals surface area (Å²) in [5.74, 6) is 0. The average Bonchev–Trinajstić information content (AvgIpc) is 2.67. The number of unbranched alkanes of at least 4 members (excludes halogenated alkanes) is 6. The van der Waals surface area contributed by atoms with Crippen LogP contribution in [0.3, 0.4) is 0 Å². The number of hydrogen-bond donors (Lipinski definition) is 2. The third-order valence-electron chi connectivity index (χ3n) is 4.85. The van der Waals surface area contributed by atoms with Crippen LogP contribution < -0.4 is 0 Å². The highest BCUT2D eigenvalue weighted by Crippen LogP contribution is 2.31. The van der Waals surface area contributed by atoms with Gasteiger partial charge >= 0.3 is 0 Å². The van der Waals surface area contributed by atoms with Crippen molar-refractivity contribution < 1.29 is 29.2 Å². The summed E-state index contributed by atoms with van der Waals surface area (Å²) in [5, 5.41) is 20.1. The van der Waals surface area contributed by atoms with Gasteiger partial charge in [-0.15, -0.1) is 0 Å². The Morgan fingerprint density at radius 1 is 0.741 bits per heavy atom. The van der Waals surface area contributed by atoms with E-state index in [9.17, 15) is 10.2 Å². The van der Waals surface area contributed by atoms with Gasteiger partial charge in [-0.3, -0.25) is 0 Å². The van der Waals surface area contributed by atoms with Crippen molar-refractivity contribution in [2.24, 2.45) is 0 Å². The number of ether oxygens (including phenoxy) is 4. The van der Waals surface area contributed by atoms with Gasteiger partial charge in [-0.25, -0.2) is 0 Å². The van der Waals surface area contributed by atoms with Crippen molar-refractivity contribution in [3.05, 3.63) is 6.29 Å². The van der Waals surface area contributed by atoms with Gasteiger partial charge in [0.1, 0.15) is 24.4 Å². The van der Waals surface area contributed by atoms with Crippen LogP contribution in [0.5, 0.6) is 0 Å². The smallest absolute Gasteiger partial charge is 0.254 e. The predicted molar refractivity (Wildman–Crippen MR) is 105 cm³/mol. The molecule has 0 spiro atoms. The molecule has 0 saturated carbocycles. The van der Waals surface area contributed by atoms with Gasteiger partial charge in [-0.2, -0.15) is 0 Å². The first-order valence-electron chi connectivity index (χ1n) is 10.9. The summed E-state index contributed by atoms with van der Waals surface area (Å²) in [6, 6.07) is 0. The molecule has 4 atom stereocenters. The monoisotopic (exact) mass is 389 g/mol. The second-order valence-corrected chi connectivity index (χ2v) is 7.26. The van der Waals surface area contributed by atoms with Crippen LogP contribution in [0, 0.1) is 6.29 Å². The molecule has 1 aliphatic rings. The highest BCUT2D eigenvalue weighted by molar-refractivity contribution is 4.99. The fraction of sp³-hybridized carbons (Fsp3) is 0.952. The van der Waals surface area contributed by atoms with Crippen molar-refractivity contribution in [1.82, 2.24) is 0 Å². The Morgan fingerprint density at radius 3 is 1.70 bits per heavy atom. The van der Waals surface area contributed by atoms with E-state index < -0.39 is 24.4 Å². The molecule has 0 aromatic heterocycles. The molecular formula is C21H41O6. The van der Waals surface area contributed by atoms with Crippen molar-refractivity contribution >= 4 is 0 Å². The Balaban J connectivity index is 2.75. The Morgan fingerprint density at radius 2 is 1.22 bits per heavy atom. The summed E-state index contributed by atoms with van der Waals surface area (Å²) in [7, 11) is 0. The van der Waals surface area contributed by atoms with Gasteiger partial charge in [0.05, 0.1) is 6.61 Å². The van der Waals surface area contributed by atoms with Crippen molar-refractivity contribution in [1.29, 1.82) is 0 Å². The fourth-order valence-electron chi connectivity index (χ4n) is 3.21. The average molecular weight is 390 g/mol. The van der Waals surface area contributed by atoms with E-state index in [-0.39, 0.29) is 12.9 Å². The molecule has 1 fully saturated rings. The van der Waals surface area contributed by atoms with Crippen LogP contribution in [0.4, 0.5) is 0 Å². The highest BCUT2D eigenvalue weighted by atomic mass is 16.7. The number of aliphatic hydroxyl groups is 2. The van der Waals surface area contributed by atoms with Crippen LogP contribution >= 0.6 is 0 Å². The van der Waals surface area contributed by atoms with Gasteiger partial charge in [0.15, 0.2) is 0 Å². The molecule has 6 heteroatoms. The van der Waals surface area contributed by atoms with Crippen LogP contribution in [0.2, 0.25) is 0 Å². The van der Waals surface area contributed by atoms with E-state index in [0.717, 1.165) is 57.8 Å². The number of aliphatic hydroxyl groups excluding tert-OH is 2. The lowest BCUT2D eigenvalue weighted by molar-refractivity contribution is -0.263. The Bertz CT molecular complexity index is 341. The first-order chi connectivity index (χ1) is 13.2. The Hall–Kier alpha value is -0.240. The fourth-order valence-corrected chi connectivity index (χ4v) is 3.21. The van der Waals surface area contributed by atoms with Gasteiger partial charge in [-0.05, 0) is 19.3 Å². The molecule has 0 bridgehead atoms. The quantitative estimate of drug-likeness (QED) is 0.389. The van der Waals surface area contributed by atoms with E-state index in [2.05, 4.69) is 20.8 Å². The van der Waals surface area contributed by atoms with Crippen LogP contribution in [0.25, 0.3) is 0 Å². The van der Waals surface area contributed by atoms with Gasteiger partial charge < -0.3 is 29.2 Å². The Labute approximate surface area is 165 Å². The van der Waals surface area contributed by atoms with Crippen molar-refractivity contribution in [3.8, 4) is 0 Å². The zero-order valence-corrected chi connectivity index (χ0v) is 17.5. The molecule has 0 aromatic rings. The molecule has 2 N–H and O–H groups in total. The maximum absolute atomic E-state index is 10.4. The molecule has 1 aliphatic heterocycles. The van der Waals surface area contributed by atoms with Gasteiger partial charge in [0.2, 0.25) is 0 Å². The molecule has 1 radical (unpaired) electrons. The summed E-state index contributed by atoms with van der Waals surface area (Å²) in [6.07, 6.45) is 6.95. The largest absolute Gasteiger partial charge is 0.394 e. The number of rotatable bonds is 16. The summed E-state index contributed by atoms with van der Waals surface area (Å²) in [4.78, 5) is 0. The minimum absolute atomic E-state index is 0.209. The van der Waals surface area contributed by atoms with Crippen LogP contribution in [-0.4, -0.2) is 61.1 Å². The lowest BCUT2D eigenvalue weighted by Gasteiger charge is -2.43. The molecule has 1 saturated heterocycles. The van der Waals surface area contributed by atoms with Crippen LogP contribution in [-0.2, 0) is 18.9 Å². The van der Waals surface area contributed by atoms with Crippen LogP contribution in [0.15, 0.2) is 0 Å². The first kappa shape index (κ1) is 24.8. The second-order valence-electron chi connectivity index (χ2n) is 7.26. The lowest BCUT2D eigenvalue weighted by Crippen LogP contribution is -2.58.